The summed E-state index contributed by atoms with van der Waals surface area (Å²) >= 11 is 0. The molecule has 0 aromatic heterocycles. The average molecular weight is 249 g/mol. The molecule has 0 aromatic carbocycles. The molecule has 1 amide bonds. The van der Waals surface area contributed by atoms with Gasteiger partial charge >= 0.3 is 0 Å². The monoisotopic (exact) mass is 249 g/mol. The largest absolute Gasteiger partial charge is 0.326 e. The third-order valence-electron chi connectivity index (χ3n) is 5.00. The first-order chi connectivity index (χ1) is 8.59. The van der Waals surface area contributed by atoms with Crippen molar-refractivity contribution in [3.63, 3.8) is 0 Å². The third-order valence-corrected chi connectivity index (χ3v) is 5.00. The molecule has 3 aliphatic rings. The Balaban J connectivity index is 1.87. The predicted molar refractivity (Wildman–Crippen MR) is 71.1 cm³/mol. The van der Waals surface area contributed by atoms with Crippen LogP contribution in [0.25, 0.3) is 0 Å². The van der Waals surface area contributed by atoms with Crippen LogP contribution >= 0.6 is 0 Å². The summed E-state index contributed by atoms with van der Waals surface area (Å²) in [5.74, 6) is 0.210. The second-order valence-electron chi connectivity index (χ2n) is 6.00. The van der Waals surface area contributed by atoms with Gasteiger partial charge in [0, 0.05) is 44.2 Å². The molecule has 3 aliphatic heterocycles. The van der Waals surface area contributed by atoms with Gasteiger partial charge in [-0.1, -0.05) is 5.57 Å². The summed E-state index contributed by atoms with van der Waals surface area (Å²) in [5, 5.41) is 3.50. The zero-order valence-corrected chi connectivity index (χ0v) is 11.6. The van der Waals surface area contributed by atoms with Crippen LogP contribution in [0.15, 0.2) is 11.1 Å². The number of rotatable bonds is 1. The van der Waals surface area contributed by atoms with Gasteiger partial charge in [-0.25, -0.2) is 0 Å². The molecular formula is C14H23N3O. The van der Waals surface area contributed by atoms with E-state index in [9.17, 15) is 4.79 Å². The van der Waals surface area contributed by atoms with E-state index in [1.165, 1.54) is 18.4 Å². The Bertz CT molecular complexity index is 388. The van der Waals surface area contributed by atoms with Crippen molar-refractivity contribution in [3.8, 4) is 0 Å². The number of hydrogen-bond acceptors (Lipinski definition) is 3. The quantitative estimate of drug-likeness (QED) is 0.751. The summed E-state index contributed by atoms with van der Waals surface area (Å²) in [6.45, 7) is 6.22. The molecule has 4 nitrogen and oxygen atoms in total. The number of carbonyl (C=O) groups excluding carboxylic acids is 1. The highest BCUT2D eigenvalue weighted by Crippen LogP contribution is 2.34. The lowest BCUT2D eigenvalue weighted by atomic mass is 9.98. The molecular weight excluding hydrogens is 226 g/mol. The number of piperazine rings is 1. The topological polar surface area (TPSA) is 35.6 Å². The summed E-state index contributed by atoms with van der Waals surface area (Å²) < 4.78 is 0. The second kappa shape index (κ2) is 4.35. The maximum Gasteiger partial charge on any atom is 0.250 e. The van der Waals surface area contributed by atoms with Crippen molar-refractivity contribution in [1.82, 2.24) is 15.1 Å². The van der Waals surface area contributed by atoms with Crippen molar-refractivity contribution in [1.29, 1.82) is 0 Å². The van der Waals surface area contributed by atoms with E-state index in [2.05, 4.69) is 17.1 Å². The molecule has 0 aromatic rings. The van der Waals surface area contributed by atoms with Gasteiger partial charge in [0.25, 0.3) is 0 Å². The molecule has 100 valence electrons. The Morgan fingerprint density at radius 1 is 1.17 bits per heavy atom. The van der Waals surface area contributed by atoms with Crippen LogP contribution in [0.4, 0.5) is 0 Å². The van der Waals surface area contributed by atoms with Crippen molar-refractivity contribution in [2.75, 3.05) is 20.1 Å². The Labute approximate surface area is 109 Å². The molecule has 3 unspecified atom stereocenters. The fourth-order valence-corrected chi connectivity index (χ4v) is 3.75. The van der Waals surface area contributed by atoms with Gasteiger partial charge in [0.2, 0.25) is 5.91 Å². The van der Waals surface area contributed by atoms with Gasteiger partial charge in [-0.15, -0.1) is 0 Å². The summed E-state index contributed by atoms with van der Waals surface area (Å²) in [4.78, 5) is 16.8. The van der Waals surface area contributed by atoms with Gasteiger partial charge in [-0.05, 0) is 26.7 Å². The Kier molecular flexibility index (Phi) is 2.94. The zero-order chi connectivity index (χ0) is 12.9. The third kappa shape index (κ3) is 1.70. The second-order valence-corrected chi connectivity index (χ2v) is 6.00. The molecule has 3 heterocycles. The van der Waals surface area contributed by atoms with Crippen LogP contribution < -0.4 is 5.32 Å². The highest BCUT2D eigenvalue weighted by molar-refractivity contribution is 5.94. The van der Waals surface area contributed by atoms with Crippen molar-refractivity contribution in [2.24, 2.45) is 0 Å². The highest BCUT2D eigenvalue weighted by Gasteiger charge is 2.44. The molecule has 0 aliphatic carbocycles. The van der Waals surface area contributed by atoms with Crippen molar-refractivity contribution >= 4 is 5.91 Å². The summed E-state index contributed by atoms with van der Waals surface area (Å²) in [6.07, 6.45) is 3.84. The van der Waals surface area contributed by atoms with Gasteiger partial charge in [0.05, 0.1) is 6.17 Å². The lowest BCUT2D eigenvalue weighted by molar-refractivity contribution is -0.134. The van der Waals surface area contributed by atoms with Gasteiger partial charge in [-0.2, -0.15) is 0 Å². The van der Waals surface area contributed by atoms with E-state index >= 15 is 0 Å². The van der Waals surface area contributed by atoms with E-state index < -0.39 is 0 Å². The van der Waals surface area contributed by atoms with Crippen LogP contribution in [-0.2, 0) is 4.79 Å². The van der Waals surface area contributed by atoms with Gasteiger partial charge < -0.3 is 10.2 Å². The number of fused-ring (bicyclic) bond motifs is 2. The van der Waals surface area contributed by atoms with E-state index in [0.717, 1.165) is 25.1 Å². The first-order valence-electron chi connectivity index (χ1n) is 7.01. The molecule has 0 spiro atoms. The minimum atomic E-state index is 0.210. The number of amides is 1. The maximum absolute atomic E-state index is 12.2. The van der Waals surface area contributed by atoms with Crippen LogP contribution in [0, 0.1) is 0 Å². The van der Waals surface area contributed by atoms with Crippen LogP contribution in [0.5, 0.6) is 0 Å². The fraction of sp³-hybridized carbons (Fsp3) is 0.786. The standard InChI is InChI=1S/C14H23N3O/c1-9-6-13(16(3)14(18)10(9)2)17-11-4-5-12(17)8-15-7-11/h11-13,15H,4-8H2,1-3H3. The summed E-state index contributed by atoms with van der Waals surface area (Å²) in [7, 11) is 1.96. The number of hydrogen-bond donors (Lipinski definition) is 1. The minimum Gasteiger partial charge on any atom is -0.326 e. The van der Waals surface area contributed by atoms with Crippen molar-refractivity contribution in [2.45, 2.75) is 51.4 Å². The minimum absolute atomic E-state index is 0.210. The normalized spacial score (nSPS) is 37.6. The molecule has 1 N–H and O–H groups in total. The molecule has 3 rings (SSSR count). The molecule has 4 heteroatoms. The van der Waals surface area contributed by atoms with Gasteiger partial charge in [0.15, 0.2) is 0 Å². The Morgan fingerprint density at radius 2 is 1.78 bits per heavy atom. The highest BCUT2D eigenvalue weighted by atomic mass is 16.2. The van der Waals surface area contributed by atoms with Crippen LogP contribution in [0.1, 0.15) is 33.1 Å². The summed E-state index contributed by atoms with van der Waals surface area (Å²) in [5.41, 5.74) is 2.21. The van der Waals surface area contributed by atoms with Gasteiger partial charge in [0.1, 0.15) is 0 Å². The van der Waals surface area contributed by atoms with Crippen molar-refractivity contribution < 1.29 is 4.79 Å². The molecule has 2 bridgehead atoms. The molecule has 0 saturated carbocycles. The lowest BCUT2D eigenvalue weighted by Gasteiger charge is -2.46. The van der Waals surface area contributed by atoms with E-state index in [-0.39, 0.29) is 12.1 Å². The maximum atomic E-state index is 12.2. The van der Waals surface area contributed by atoms with E-state index in [0.29, 0.717) is 12.1 Å². The SMILES string of the molecule is CC1=C(C)C(=O)N(C)C(N2C3CCC2CNC3)C1. The number of nitrogens with one attached hydrogen (secondary N) is 1. The van der Waals surface area contributed by atoms with E-state index in [1.807, 2.05) is 18.9 Å². The van der Waals surface area contributed by atoms with E-state index in [1.54, 1.807) is 0 Å². The lowest BCUT2D eigenvalue weighted by Crippen LogP contribution is -2.61. The summed E-state index contributed by atoms with van der Waals surface area (Å²) in [6, 6.07) is 1.24. The number of carbonyl (C=O) groups is 1. The molecule has 2 fully saturated rings. The molecule has 2 saturated heterocycles. The first kappa shape index (κ1) is 12.2. The zero-order valence-electron chi connectivity index (χ0n) is 11.6. The Morgan fingerprint density at radius 3 is 2.39 bits per heavy atom. The number of likely N-dealkylation sites (N-methyl/N-ethyl adjacent to an activating group) is 1. The predicted octanol–water partition coefficient (Wildman–Crippen LogP) is 0.947. The van der Waals surface area contributed by atoms with Gasteiger partial charge in [-0.3, -0.25) is 9.69 Å². The number of nitrogens with zero attached hydrogens (tertiary/aromatic N) is 2. The Hall–Kier alpha value is -0.870. The molecule has 3 atom stereocenters. The first-order valence-corrected chi connectivity index (χ1v) is 7.01. The van der Waals surface area contributed by atoms with Crippen LogP contribution in [0.3, 0.4) is 0 Å². The van der Waals surface area contributed by atoms with E-state index in [4.69, 9.17) is 0 Å². The molecule has 0 radical (unpaired) electrons. The van der Waals surface area contributed by atoms with Crippen LogP contribution in [0.2, 0.25) is 0 Å². The average Bonchev–Trinajstić information content (AvgIpc) is 2.60. The molecule has 18 heavy (non-hydrogen) atoms. The van der Waals surface area contributed by atoms with Crippen molar-refractivity contribution in [3.05, 3.63) is 11.1 Å². The van der Waals surface area contributed by atoms with Crippen LogP contribution in [-0.4, -0.2) is 54.1 Å². The smallest absolute Gasteiger partial charge is 0.250 e. The fourth-order valence-electron chi connectivity index (χ4n) is 3.75.